The van der Waals surface area contributed by atoms with Crippen molar-refractivity contribution in [2.45, 2.75) is 0 Å². The summed E-state index contributed by atoms with van der Waals surface area (Å²) in [5.74, 6) is 0.789. The third-order valence-corrected chi connectivity index (χ3v) is 2.33. The van der Waals surface area contributed by atoms with Crippen LogP contribution in [0.1, 0.15) is 0 Å². The zero-order valence-electron chi connectivity index (χ0n) is 7.71. The molecule has 14 heavy (non-hydrogen) atoms. The average Bonchev–Trinajstić information content (AvgIpc) is 2.17. The van der Waals surface area contributed by atoms with E-state index >= 15 is 0 Å². The van der Waals surface area contributed by atoms with Crippen LogP contribution >= 0.6 is 11.6 Å². The van der Waals surface area contributed by atoms with Gasteiger partial charge in [-0.1, -0.05) is 11.6 Å². The molecule has 1 aromatic heterocycles. The predicted molar refractivity (Wildman–Crippen MR) is 60.7 cm³/mol. The smallest absolute Gasteiger partial charge is 0.133 e. The molecule has 0 amide bonds. The molecule has 0 aliphatic carbocycles. The third kappa shape index (κ3) is 1.36. The minimum Gasteiger partial charge on any atom is -0.398 e. The summed E-state index contributed by atoms with van der Waals surface area (Å²) in [7, 11) is 1.82. The Bertz CT molecular complexity index is 482. The molecule has 72 valence electrons. The maximum atomic E-state index is 5.92. The number of fused-ring (bicyclic) bond motifs is 1. The fourth-order valence-corrected chi connectivity index (χ4v) is 1.70. The highest BCUT2D eigenvalue weighted by Crippen LogP contribution is 2.29. The number of nitrogens with one attached hydrogen (secondary N) is 1. The number of rotatable bonds is 1. The van der Waals surface area contributed by atoms with Gasteiger partial charge in [0.2, 0.25) is 0 Å². The molecule has 0 bridgehead atoms. The minimum absolute atomic E-state index is 0.625. The Labute approximate surface area is 86.9 Å². The molecule has 0 saturated carbocycles. The number of pyridine rings is 1. The van der Waals surface area contributed by atoms with Crippen LogP contribution in [0, 0.1) is 0 Å². The topological polar surface area (TPSA) is 50.9 Å². The van der Waals surface area contributed by atoms with E-state index in [0.29, 0.717) is 10.7 Å². The van der Waals surface area contributed by atoms with E-state index in [1.54, 1.807) is 12.3 Å². The second-order valence-corrected chi connectivity index (χ2v) is 3.44. The highest BCUT2D eigenvalue weighted by atomic mass is 35.5. The fourth-order valence-electron chi connectivity index (χ4n) is 1.48. The highest BCUT2D eigenvalue weighted by molar-refractivity contribution is 6.32. The van der Waals surface area contributed by atoms with E-state index in [2.05, 4.69) is 10.3 Å². The third-order valence-electron chi connectivity index (χ3n) is 2.11. The Morgan fingerprint density at radius 1 is 1.36 bits per heavy atom. The number of anilines is 2. The van der Waals surface area contributed by atoms with Crippen LogP contribution < -0.4 is 11.1 Å². The Hall–Kier alpha value is -1.48. The lowest BCUT2D eigenvalue weighted by Gasteiger charge is -2.07. The monoisotopic (exact) mass is 207 g/mol. The molecule has 0 saturated heterocycles. The summed E-state index contributed by atoms with van der Waals surface area (Å²) in [6.07, 6.45) is 1.72. The van der Waals surface area contributed by atoms with Crippen molar-refractivity contribution >= 4 is 33.9 Å². The van der Waals surface area contributed by atoms with Gasteiger partial charge in [-0.05, 0) is 18.2 Å². The van der Waals surface area contributed by atoms with Crippen LogP contribution in [0.3, 0.4) is 0 Å². The molecule has 2 aromatic rings. The van der Waals surface area contributed by atoms with Crippen LogP contribution in [0.2, 0.25) is 5.02 Å². The van der Waals surface area contributed by atoms with Crippen LogP contribution in [0.25, 0.3) is 10.8 Å². The number of aromatic nitrogens is 1. The molecule has 3 nitrogen and oxygen atoms in total. The van der Waals surface area contributed by atoms with Crippen molar-refractivity contribution in [2.75, 3.05) is 18.1 Å². The molecule has 1 heterocycles. The summed E-state index contributed by atoms with van der Waals surface area (Å²) in [5, 5.41) is 5.53. The number of nitrogens with zero attached hydrogens (tertiary/aromatic N) is 1. The average molecular weight is 208 g/mol. The van der Waals surface area contributed by atoms with Gasteiger partial charge in [-0.25, -0.2) is 4.98 Å². The van der Waals surface area contributed by atoms with E-state index < -0.39 is 0 Å². The number of halogens is 1. The largest absolute Gasteiger partial charge is 0.398 e. The Morgan fingerprint density at radius 3 is 2.86 bits per heavy atom. The van der Waals surface area contributed by atoms with E-state index in [0.717, 1.165) is 16.6 Å². The zero-order chi connectivity index (χ0) is 10.1. The lowest BCUT2D eigenvalue weighted by Crippen LogP contribution is -1.95. The minimum atomic E-state index is 0.625. The van der Waals surface area contributed by atoms with Crippen LogP contribution in [-0.2, 0) is 0 Å². The summed E-state index contributed by atoms with van der Waals surface area (Å²) in [6, 6.07) is 5.47. The van der Waals surface area contributed by atoms with E-state index in [9.17, 15) is 0 Å². The molecule has 0 aliphatic heterocycles. The van der Waals surface area contributed by atoms with Gasteiger partial charge in [0, 0.05) is 34.7 Å². The Balaban J connectivity index is 2.86. The van der Waals surface area contributed by atoms with Crippen molar-refractivity contribution < 1.29 is 0 Å². The molecule has 1 aromatic carbocycles. The lowest BCUT2D eigenvalue weighted by molar-refractivity contribution is 1.32. The first kappa shape index (κ1) is 9.09. The number of hydrogen-bond acceptors (Lipinski definition) is 3. The van der Waals surface area contributed by atoms with E-state index in [1.807, 2.05) is 19.2 Å². The van der Waals surface area contributed by atoms with Gasteiger partial charge in [0.25, 0.3) is 0 Å². The SMILES string of the molecule is CNc1nccc2c(N)cc(Cl)cc12. The van der Waals surface area contributed by atoms with Crippen molar-refractivity contribution in [3.63, 3.8) is 0 Å². The van der Waals surface area contributed by atoms with Gasteiger partial charge in [0.15, 0.2) is 0 Å². The van der Waals surface area contributed by atoms with Gasteiger partial charge < -0.3 is 11.1 Å². The second-order valence-electron chi connectivity index (χ2n) is 3.00. The van der Waals surface area contributed by atoms with Crippen LogP contribution in [0.4, 0.5) is 11.5 Å². The van der Waals surface area contributed by atoms with Gasteiger partial charge in [-0.15, -0.1) is 0 Å². The number of benzene rings is 1. The summed E-state index contributed by atoms with van der Waals surface area (Å²) in [5.41, 5.74) is 6.51. The molecule has 2 rings (SSSR count). The normalized spacial score (nSPS) is 10.4. The second kappa shape index (κ2) is 3.35. The fraction of sp³-hybridized carbons (Fsp3) is 0.100. The zero-order valence-corrected chi connectivity index (χ0v) is 8.47. The number of nitrogen functional groups attached to an aromatic ring is 1. The van der Waals surface area contributed by atoms with Crippen molar-refractivity contribution in [1.29, 1.82) is 0 Å². The molecule has 0 atom stereocenters. The van der Waals surface area contributed by atoms with Gasteiger partial charge in [0.05, 0.1) is 0 Å². The molecular formula is C10H10ClN3. The van der Waals surface area contributed by atoms with Crippen molar-refractivity contribution in [3.8, 4) is 0 Å². The highest BCUT2D eigenvalue weighted by Gasteiger charge is 2.04. The molecule has 4 heteroatoms. The van der Waals surface area contributed by atoms with Crippen molar-refractivity contribution in [3.05, 3.63) is 29.4 Å². The number of nitrogens with two attached hydrogens (primary N) is 1. The summed E-state index contributed by atoms with van der Waals surface area (Å²) in [4.78, 5) is 4.18. The molecule has 0 fully saturated rings. The van der Waals surface area contributed by atoms with Crippen LogP contribution in [-0.4, -0.2) is 12.0 Å². The van der Waals surface area contributed by atoms with E-state index in [4.69, 9.17) is 17.3 Å². The van der Waals surface area contributed by atoms with Crippen LogP contribution in [0.15, 0.2) is 24.4 Å². The van der Waals surface area contributed by atoms with Gasteiger partial charge in [-0.2, -0.15) is 0 Å². The maximum Gasteiger partial charge on any atom is 0.133 e. The maximum absolute atomic E-state index is 5.92. The molecular weight excluding hydrogens is 198 g/mol. The number of hydrogen-bond donors (Lipinski definition) is 2. The summed E-state index contributed by atoms with van der Waals surface area (Å²) in [6.45, 7) is 0. The Kier molecular flexibility index (Phi) is 2.17. The molecule has 0 spiro atoms. The van der Waals surface area contributed by atoms with Gasteiger partial charge >= 0.3 is 0 Å². The standard InChI is InChI=1S/C10H10ClN3/c1-13-10-8-4-6(11)5-9(12)7(8)2-3-14-10/h2-5H,12H2,1H3,(H,13,14). The predicted octanol–water partition coefficient (Wildman–Crippen LogP) is 2.51. The van der Waals surface area contributed by atoms with E-state index in [-0.39, 0.29) is 0 Å². The molecule has 0 aliphatic rings. The van der Waals surface area contributed by atoms with Gasteiger partial charge in [0.1, 0.15) is 5.82 Å². The first-order valence-electron chi connectivity index (χ1n) is 4.24. The Morgan fingerprint density at radius 2 is 2.14 bits per heavy atom. The molecule has 0 unspecified atom stereocenters. The van der Waals surface area contributed by atoms with Crippen molar-refractivity contribution in [2.24, 2.45) is 0 Å². The first-order valence-corrected chi connectivity index (χ1v) is 4.61. The van der Waals surface area contributed by atoms with E-state index in [1.165, 1.54) is 0 Å². The molecule has 3 N–H and O–H groups in total. The molecule has 0 radical (unpaired) electrons. The summed E-state index contributed by atoms with van der Waals surface area (Å²) >= 11 is 5.92. The van der Waals surface area contributed by atoms with Gasteiger partial charge in [-0.3, -0.25) is 0 Å². The van der Waals surface area contributed by atoms with Crippen LogP contribution in [0.5, 0.6) is 0 Å². The summed E-state index contributed by atoms with van der Waals surface area (Å²) < 4.78 is 0. The lowest BCUT2D eigenvalue weighted by atomic mass is 10.1. The first-order chi connectivity index (χ1) is 6.72. The quantitative estimate of drug-likeness (QED) is 0.707. The van der Waals surface area contributed by atoms with Crippen molar-refractivity contribution in [1.82, 2.24) is 4.98 Å².